The molecule has 3 heteroatoms. The van der Waals surface area contributed by atoms with E-state index in [1.54, 1.807) is 6.08 Å². The average Bonchev–Trinajstić information content (AvgIpc) is 2.13. The smallest absolute Gasteiger partial charge is 0.211 e. The Morgan fingerprint density at radius 1 is 1.54 bits per heavy atom. The van der Waals surface area contributed by atoms with Crippen molar-refractivity contribution in [3.05, 3.63) is 40.9 Å². The minimum absolute atomic E-state index is 0.357. The molecule has 0 saturated carbocycles. The zero-order valence-corrected chi connectivity index (χ0v) is 7.66. The van der Waals surface area contributed by atoms with Gasteiger partial charge in [-0.25, -0.2) is 9.79 Å². The second-order valence-corrected chi connectivity index (χ2v) is 2.83. The lowest BCUT2D eigenvalue weighted by atomic mass is 10.2. The van der Waals surface area contributed by atoms with E-state index in [0.29, 0.717) is 11.6 Å². The predicted molar refractivity (Wildman–Crippen MR) is 53.5 cm³/mol. The summed E-state index contributed by atoms with van der Waals surface area (Å²) in [6.45, 7) is 0.357. The number of halogens is 1. The third kappa shape index (κ3) is 3.70. The first-order valence-electron chi connectivity index (χ1n) is 3.78. The van der Waals surface area contributed by atoms with Crippen molar-refractivity contribution in [2.45, 2.75) is 0 Å². The molecule has 0 radical (unpaired) electrons. The number of isocyanates is 1. The fourth-order valence-corrected chi connectivity index (χ4v) is 1.09. The van der Waals surface area contributed by atoms with Crippen LogP contribution in [0.15, 0.2) is 35.3 Å². The maximum atomic E-state index is 9.72. The van der Waals surface area contributed by atoms with E-state index in [0.717, 1.165) is 5.56 Å². The third-order valence-electron chi connectivity index (χ3n) is 1.42. The fourth-order valence-electron chi connectivity index (χ4n) is 0.889. The highest BCUT2D eigenvalue weighted by molar-refractivity contribution is 6.30. The number of aliphatic imine (C=N–C) groups is 1. The van der Waals surface area contributed by atoms with Gasteiger partial charge >= 0.3 is 0 Å². The van der Waals surface area contributed by atoms with Crippen molar-refractivity contribution >= 4 is 23.8 Å². The molecule has 0 amide bonds. The normalized spacial score (nSPS) is 9.92. The summed E-state index contributed by atoms with van der Waals surface area (Å²) in [6.07, 6.45) is 5.09. The first-order chi connectivity index (χ1) is 6.33. The summed E-state index contributed by atoms with van der Waals surface area (Å²) in [7, 11) is 0. The van der Waals surface area contributed by atoms with Gasteiger partial charge in [0, 0.05) is 5.02 Å². The van der Waals surface area contributed by atoms with Gasteiger partial charge < -0.3 is 0 Å². The molecule has 0 N–H and O–H groups in total. The number of carbonyl (C=O) groups excluding carboxylic acids is 1. The molecule has 2 nitrogen and oxygen atoms in total. The lowest BCUT2D eigenvalue weighted by molar-refractivity contribution is 0.564. The van der Waals surface area contributed by atoms with Crippen LogP contribution < -0.4 is 0 Å². The van der Waals surface area contributed by atoms with Crippen molar-refractivity contribution in [1.82, 2.24) is 0 Å². The first kappa shape index (κ1) is 9.72. The van der Waals surface area contributed by atoms with Crippen molar-refractivity contribution in [1.29, 1.82) is 0 Å². The Labute approximate surface area is 81.6 Å². The van der Waals surface area contributed by atoms with Gasteiger partial charge in [0.2, 0.25) is 6.08 Å². The average molecular weight is 194 g/mol. The lowest BCUT2D eigenvalue weighted by Crippen LogP contribution is -1.73. The highest BCUT2D eigenvalue weighted by Crippen LogP contribution is 2.11. The molecule has 0 fully saturated rings. The molecule has 1 aromatic carbocycles. The van der Waals surface area contributed by atoms with Gasteiger partial charge in [-0.1, -0.05) is 35.9 Å². The van der Waals surface area contributed by atoms with E-state index in [4.69, 9.17) is 11.6 Å². The largest absolute Gasteiger partial charge is 0.235 e. The van der Waals surface area contributed by atoms with Crippen LogP contribution in [0.4, 0.5) is 0 Å². The molecular weight excluding hydrogens is 186 g/mol. The van der Waals surface area contributed by atoms with Crippen LogP contribution in [0.1, 0.15) is 5.56 Å². The van der Waals surface area contributed by atoms with E-state index in [9.17, 15) is 4.79 Å². The minimum Gasteiger partial charge on any atom is -0.211 e. The molecule has 0 aliphatic heterocycles. The highest BCUT2D eigenvalue weighted by atomic mass is 35.5. The minimum atomic E-state index is 0.357. The molecule has 0 heterocycles. The second kappa shape index (κ2) is 5.31. The molecule has 0 spiro atoms. The zero-order valence-electron chi connectivity index (χ0n) is 6.90. The van der Waals surface area contributed by atoms with Crippen LogP contribution >= 0.6 is 11.6 Å². The summed E-state index contributed by atoms with van der Waals surface area (Å²) < 4.78 is 0. The Hall–Kier alpha value is -1.37. The van der Waals surface area contributed by atoms with E-state index in [-0.39, 0.29) is 0 Å². The van der Waals surface area contributed by atoms with Crippen LogP contribution in [0.25, 0.3) is 6.08 Å². The van der Waals surface area contributed by atoms with E-state index in [1.165, 1.54) is 6.08 Å². The maximum Gasteiger partial charge on any atom is 0.235 e. The van der Waals surface area contributed by atoms with Crippen molar-refractivity contribution in [2.75, 3.05) is 6.54 Å². The number of hydrogen-bond acceptors (Lipinski definition) is 2. The summed E-state index contributed by atoms with van der Waals surface area (Å²) in [4.78, 5) is 13.1. The molecule has 0 aromatic heterocycles. The van der Waals surface area contributed by atoms with Gasteiger partial charge in [0.1, 0.15) is 0 Å². The quantitative estimate of drug-likeness (QED) is 0.536. The summed E-state index contributed by atoms with van der Waals surface area (Å²) in [5.74, 6) is 0. The topological polar surface area (TPSA) is 29.4 Å². The Kier molecular flexibility index (Phi) is 3.97. The van der Waals surface area contributed by atoms with Gasteiger partial charge in [-0.05, 0) is 17.7 Å². The molecule has 0 bridgehead atoms. The molecule has 13 heavy (non-hydrogen) atoms. The Morgan fingerprint density at radius 2 is 2.38 bits per heavy atom. The van der Waals surface area contributed by atoms with Gasteiger partial charge in [0.05, 0.1) is 6.54 Å². The van der Waals surface area contributed by atoms with Crippen LogP contribution in [0, 0.1) is 0 Å². The number of rotatable bonds is 3. The van der Waals surface area contributed by atoms with Gasteiger partial charge in [0.15, 0.2) is 0 Å². The predicted octanol–water partition coefficient (Wildman–Crippen LogP) is 2.69. The van der Waals surface area contributed by atoms with Crippen LogP contribution in [0.3, 0.4) is 0 Å². The van der Waals surface area contributed by atoms with Crippen molar-refractivity contribution in [2.24, 2.45) is 4.99 Å². The van der Waals surface area contributed by atoms with Crippen molar-refractivity contribution < 1.29 is 4.79 Å². The molecule has 0 atom stereocenters. The van der Waals surface area contributed by atoms with E-state index >= 15 is 0 Å². The van der Waals surface area contributed by atoms with Crippen LogP contribution in [0.5, 0.6) is 0 Å². The van der Waals surface area contributed by atoms with Crippen LogP contribution in [-0.4, -0.2) is 12.6 Å². The summed E-state index contributed by atoms with van der Waals surface area (Å²) in [6, 6.07) is 7.43. The molecule has 0 unspecified atom stereocenters. The third-order valence-corrected chi connectivity index (χ3v) is 1.66. The molecule has 66 valence electrons. The van der Waals surface area contributed by atoms with Gasteiger partial charge in [0.25, 0.3) is 0 Å². The molecular formula is C10H8ClNO. The molecule has 1 aromatic rings. The Balaban J connectivity index is 2.63. The van der Waals surface area contributed by atoms with Crippen LogP contribution in [0.2, 0.25) is 5.02 Å². The van der Waals surface area contributed by atoms with E-state index in [2.05, 4.69) is 4.99 Å². The van der Waals surface area contributed by atoms with Crippen molar-refractivity contribution in [3.8, 4) is 0 Å². The standard InChI is InChI=1S/C10H8ClNO/c11-10-5-1-3-9(7-10)4-2-6-12-8-13/h1-5,7H,6H2/b4-2-. The highest BCUT2D eigenvalue weighted by Gasteiger charge is 1.87. The summed E-state index contributed by atoms with van der Waals surface area (Å²) in [5.41, 5.74) is 0.994. The summed E-state index contributed by atoms with van der Waals surface area (Å²) >= 11 is 5.77. The monoisotopic (exact) mass is 193 g/mol. The molecule has 0 aliphatic carbocycles. The van der Waals surface area contributed by atoms with Gasteiger partial charge in [-0.3, -0.25) is 0 Å². The number of benzene rings is 1. The van der Waals surface area contributed by atoms with Gasteiger partial charge in [-0.15, -0.1) is 0 Å². The summed E-state index contributed by atoms with van der Waals surface area (Å²) in [5, 5.41) is 0.695. The van der Waals surface area contributed by atoms with Gasteiger partial charge in [-0.2, -0.15) is 0 Å². The van der Waals surface area contributed by atoms with E-state index in [1.807, 2.05) is 30.3 Å². The second-order valence-electron chi connectivity index (χ2n) is 2.39. The van der Waals surface area contributed by atoms with E-state index < -0.39 is 0 Å². The lowest BCUT2D eigenvalue weighted by Gasteiger charge is -1.92. The molecule has 1 rings (SSSR count). The van der Waals surface area contributed by atoms with Crippen LogP contribution in [-0.2, 0) is 4.79 Å². The SMILES string of the molecule is O=C=NC/C=C\c1cccc(Cl)c1. The number of hydrogen-bond donors (Lipinski definition) is 0. The first-order valence-corrected chi connectivity index (χ1v) is 4.16. The van der Waals surface area contributed by atoms with Crippen molar-refractivity contribution in [3.63, 3.8) is 0 Å². The fraction of sp³-hybridized carbons (Fsp3) is 0.100. The molecule has 0 saturated heterocycles. The zero-order chi connectivity index (χ0) is 9.52. The maximum absolute atomic E-state index is 9.72. The Bertz CT molecular complexity index is 354. The Morgan fingerprint density at radius 3 is 3.08 bits per heavy atom. The number of nitrogens with zero attached hydrogens (tertiary/aromatic N) is 1. The molecule has 0 aliphatic rings.